The van der Waals surface area contributed by atoms with Gasteiger partial charge in [0, 0.05) is 31.6 Å². The lowest BCUT2D eigenvalue weighted by Gasteiger charge is -2.38. The molecule has 3 rings (SSSR count). The van der Waals surface area contributed by atoms with E-state index in [4.69, 9.17) is 12.2 Å². The third-order valence-electron chi connectivity index (χ3n) is 6.18. The molecule has 1 aliphatic heterocycles. The minimum atomic E-state index is 0.814. The zero-order valence-electron chi connectivity index (χ0n) is 15.4. The average molecular weight is 347 g/mol. The molecule has 1 aliphatic carbocycles. The SMILES string of the molecule is Cc1ccc(NC(=S)N2CCC([NH+](C)C3CCCC3)CC2)cc1C. The van der Waals surface area contributed by atoms with Crippen molar-refractivity contribution in [3.8, 4) is 0 Å². The average Bonchev–Trinajstić information content (AvgIpc) is 3.12. The molecule has 0 amide bonds. The molecule has 1 heterocycles. The number of piperidine rings is 1. The molecule has 1 saturated carbocycles. The molecule has 2 fully saturated rings. The molecule has 0 radical (unpaired) electrons. The van der Waals surface area contributed by atoms with Crippen LogP contribution in [0.5, 0.6) is 0 Å². The van der Waals surface area contributed by atoms with Crippen LogP contribution in [-0.2, 0) is 0 Å². The number of anilines is 1. The highest BCUT2D eigenvalue weighted by Gasteiger charge is 2.32. The monoisotopic (exact) mass is 346 g/mol. The normalized spacial score (nSPS) is 21.0. The summed E-state index contributed by atoms with van der Waals surface area (Å²) in [6, 6.07) is 8.19. The van der Waals surface area contributed by atoms with Crippen molar-refractivity contribution >= 4 is 23.0 Å². The summed E-state index contributed by atoms with van der Waals surface area (Å²) in [6.45, 7) is 6.47. The molecule has 1 unspecified atom stereocenters. The fourth-order valence-electron chi connectivity index (χ4n) is 4.27. The van der Waals surface area contributed by atoms with Crippen LogP contribution < -0.4 is 10.2 Å². The van der Waals surface area contributed by atoms with Crippen molar-refractivity contribution in [3.63, 3.8) is 0 Å². The number of nitrogens with zero attached hydrogens (tertiary/aromatic N) is 1. The maximum absolute atomic E-state index is 5.65. The number of benzene rings is 1. The van der Waals surface area contributed by atoms with Crippen molar-refractivity contribution in [2.24, 2.45) is 0 Å². The van der Waals surface area contributed by atoms with E-state index in [1.807, 2.05) is 0 Å². The topological polar surface area (TPSA) is 19.7 Å². The van der Waals surface area contributed by atoms with Crippen molar-refractivity contribution in [2.75, 3.05) is 25.5 Å². The number of rotatable bonds is 3. The molecule has 132 valence electrons. The number of thiocarbonyl (C=S) groups is 1. The van der Waals surface area contributed by atoms with Crippen molar-refractivity contribution in [1.29, 1.82) is 0 Å². The zero-order chi connectivity index (χ0) is 17.1. The zero-order valence-corrected chi connectivity index (χ0v) is 16.2. The van der Waals surface area contributed by atoms with Crippen LogP contribution in [0.15, 0.2) is 18.2 Å². The largest absolute Gasteiger partial charge is 0.349 e. The number of aryl methyl sites for hydroxylation is 2. The first kappa shape index (κ1) is 17.7. The van der Waals surface area contributed by atoms with Crippen LogP contribution in [0.4, 0.5) is 5.69 Å². The van der Waals surface area contributed by atoms with E-state index in [9.17, 15) is 0 Å². The van der Waals surface area contributed by atoms with Crippen LogP contribution in [-0.4, -0.2) is 42.2 Å². The maximum atomic E-state index is 5.65. The second-order valence-corrected chi connectivity index (χ2v) is 8.10. The predicted octanol–water partition coefficient (Wildman–Crippen LogP) is 2.92. The van der Waals surface area contributed by atoms with Gasteiger partial charge in [-0.3, -0.25) is 0 Å². The predicted molar refractivity (Wildman–Crippen MR) is 106 cm³/mol. The van der Waals surface area contributed by atoms with Crippen molar-refractivity contribution in [3.05, 3.63) is 29.3 Å². The molecular weight excluding hydrogens is 314 g/mol. The third-order valence-corrected chi connectivity index (χ3v) is 6.54. The van der Waals surface area contributed by atoms with Crippen LogP contribution in [0.1, 0.15) is 49.7 Å². The minimum absolute atomic E-state index is 0.814. The maximum Gasteiger partial charge on any atom is 0.173 e. The van der Waals surface area contributed by atoms with Gasteiger partial charge in [-0.05, 0) is 75.0 Å². The van der Waals surface area contributed by atoms with E-state index in [1.54, 1.807) is 4.90 Å². The molecular formula is C20H32N3S+. The minimum Gasteiger partial charge on any atom is -0.349 e. The standard InChI is InChI=1S/C20H31N3S/c1-15-8-9-17(14-16(15)2)21-20(24)23-12-10-19(11-13-23)22(3)18-6-4-5-7-18/h8-9,14,18-19H,4-7,10-13H2,1-3H3,(H,21,24)/p+1. The van der Waals surface area contributed by atoms with Crippen molar-refractivity contribution in [1.82, 2.24) is 4.90 Å². The molecule has 0 spiro atoms. The summed E-state index contributed by atoms with van der Waals surface area (Å²) >= 11 is 5.65. The molecule has 4 heteroatoms. The summed E-state index contributed by atoms with van der Waals surface area (Å²) in [5.41, 5.74) is 3.74. The van der Waals surface area contributed by atoms with E-state index in [2.05, 4.69) is 49.3 Å². The number of hydrogen-bond donors (Lipinski definition) is 2. The summed E-state index contributed by atoms with van der Waals surface area (Å²) in [5.74, 6) is 0. The molecule has 2 N–H and O–H groups in total. The summed E-state index contributed by atoms with van der Waals surface area (Å²) in [4.78, 5) is 4.13. The van der Waals surface area contributed by atoms with Crippen LogP contribution in [0.3, 0.4) is 0 Å². The van der Waals surface area contributed by atoms with Gasteiger partial charge < -0.3 is 15.1 Å². The second-order valence-electron chi connectivity index (χ2n) is 7.72. The first-order valence-corrected chi connectivity index (χ1v) is 9.92. The van der Waals surface area contributed by atoms with Gasteiger partial charge in [0.25, 0.3) is 0 Å². The van der Waals surface area contributed by atoms with E-state index in [1.165, 1.54) is 49.7 Å². The summed E-state index contributed by atoms with van der Waals surface area (Å²) in [7, 11) is 2.42. The molecule has 3 nitrogen and oxygen atoms in total. The smallest absolute Gasteiger partial charge is 0.173 e. The van der Waals surface area contributed by atoms with Crippen LogP contribution in [0.25, 0.3) is 0 Å². The van der Waals surface area contributed by atoms with E-state index in [0.29, 0.717) is 0 Å². The fraction of sp³-hybridized carbons (Fsp3) is 0.650. The Hall–Kier alpha value is -1.13. The summed E-state index contributed by atoms with van der Waals surface area (Å²) in [5, 5.41) is 4.31. The van der Waals surface area contributed by atoms with Crippen LogP contribution >= 0.6 is 12.2 Å². The molecule has 2 aliphatic rings. The van der Waals surface area contributed by atoms with Crippen molar-refractivity contribution < 1.29 is 4.90 Å². The Labute approximate surface area is 152 Å². The Morgan fingerprint density at radius 2 is 1.67 bits per heavy atom. The lowest BCUT2D eigenvalue weighted by molar-refractivity contribution is -0.931. The molecule has 1 saturated heterocycles. The number of quaternary nitrogens is 1. The van der Waals surface area contributed by atoms with Gasteiger partial charge in [0.1, 0.15) is 0 Å². The van der Waals surface area contributed by atoms with E-state index in [0.717, 1.165) is 36.0 Å². The Morgan fingerprint density at radius 3 is 2.29 bits per heavy atom. The van der Waals surface area contributed by atoms with Crippen LogP contribution in [0, 0.1) is 13.8 Å². The van der Waals surface area contributed by atoms with Gasteiger partial charge in [-0.1, -0.05) is 6.07 Å². The fourth-order valence-corrected chi connectivity index (χ4v) is 4.57. The molecule has 24 heavy (non-hydrogen) atoms. The lowest BCUT2D eigenvalue weighted by atomic mass is 10.0. The number of hydrogen-bond acceptors (Lipinski definition) is 1. The first-order chi connectivity index (χ1) is 11.5. The highest BCUT2D eigenvalue weighted by atomic mass is 32.1. The quantitative estimate of drug-likeness (QED) is 0.821. The van der Waals surface area contributed by atoms with Gasteiger partial charge in [0.15, 0.2) is 5.11 Å². The van der Waals surface area contributed by atoms with Gasteiger partial charge in [-0.15, -0.1) is 0 Å². The Morgan fingerprint density at radius 1 is 1.04 bits per heavy atom. The first-order valence-electron chi connectivity index (χ1n) is 9.51. The summed E-state index contributed by atoms with van der Waals surface area (Å²) in [6.07, 6.45) is 8.25. The highest BCUT2D eigenvalue weighted by Crippen LogP contribution is 2.18. The lowest BCUT2D eigenvalue weighted by Crippen LogP contribution is -3.16. The third kappa shape index (κ3) is 4.09. The van der Waals surface area contributed by atoms with Gasteiger partial charge in [0.05, 0.1) is 19.1 Å². The van der Waals surface area contributed by atoms with Gasteiger partial charge in [0.2, 0.25) is 0 Å². The van der Waals surface area contributed by atoms with Gasteiger partial charge in [-0.2, -0.15) is 0 Å². The number of nitrogens with one attached hydrogen (secondary N) is 2. The second kappa shape index (κ2) is 7.83. The molecule has 0 aromatic heterocycles. The van der Waals surface area contributed by atoms with E-state index in [-0.39, 0.29) is 0 Å². The van der Waals surface area contributed by atoms with Crippen molar-refractivity contribution in [2.45, 2.75) is 64.5 Å². The Kier molecular flexibility index (Phi) is 5.77. The number of likely N-dealkylation sites (tertiary alicyclic amines) is 1. The molecule has 1 aromatic rings. The van der Waals surface area contributed by atoms with E-state index >= 15 is 0 Å². The van der Waals surface area contributed by atoms with Gasteiger partial charge in [-0.25, -0.2) is 0 Å². The van der Waals surface area contributed by atoms with E-state index < -0.39 is 0 Å². The van der Waals surface area contributed by atoms with Gasteiger partial charge >= 0.3 is 0 Å². The Bertz CT molecular complexity index is 572. The summed E-state index contributed by atoms with van der Waals surface area (Å²) < 4.78 is 0. The van der Waals surface area contributed by atoms with Crippen LogP contribution in [0.2, 0.25) is 0 Å². The molecule has 1 aromatic carbocycles. The molecule has 0 bridgehead atoms. The molecule has 1 atom stereocenters. The Balaban J connectivity index is 1.50. The highest BCUT2D eigenvalue weighted by molar-refractivity contribution is 7.80.